The number of benzene rings is 3. The van der Waals surface area contributed by atoms with E-state index < -0.39 is 6.04 Å². The van der Waals surface area contributed by atoms with Crippen molar-refractivity contribution in [3.8, 4) is 22.6 Å². The van der Waals surface area contributed by atoms with Crippen LogP contribution >= 0.6 is 0 Å². The highest BCUT2D eigenvalue weighted by atomic mass is 16.5. The predicted molar refractivity (Wildman–Crippen MR) is 129 cm³/mol. The van der Waals surface area contributed by atoms with Gasteiger partial charge in [0.05, 0.1) is 13.3 Å². The number of nitrogens with zero attached hydrogens (tertiary/aromatic N) is 3. The first-order valence-electron chi connectivity index (χ1n) is 10.8. The Labute approximate surface area is 192 Å². The smallest absolute Gasteiger partial charge is 0.210 e. The molecule has 3 aromatic carbocycles. The van der Waals surface area contributed by atoms with E-state index in [1.165, 1.54) is 11.1 Å². The number of aromatic nitrogens is 2. The maximum Gasteiger partial charge on any atom is 0.210 e. The highest BCUT2D eigenvalue weighted by Gasteiger charge is 2.30. The second-order valence-corrected chi connectivity index (χ2v) is 7.90. The maximum atomic E-state index is 13.5. The van der Waals surface area contributed by atoms with E-state index in [1.54, 1.807) is 19.7 Å². The van der Waals surface area contributed by atoms with Crippen LogP contribution in [0.15, 0.2) is 84.1 Å². The van der Waals surface area contributed by atoms with Crippen molar-refractivity contribution in [1.29, 1.82) is 0 Å². The monoisotopic (exact) mass is 436 g/mol. The molecule has 1 unspecified atom stereocenters. The van der Waals surface area contributed by atoms with Gasteiger partial charge in [0.2, 0.25) is 5.78 Å². The Kier molecular flexibility index (Phi) is 5.59. The van der Waals surface area contributed by atoms with E-state index in [0.29, 0.717) is 11.4 Å². The molecule has 1 atom stereocenters. The molecular weight excluding hydrogens is 412 g/mol. The second kappa shape index (κ2) is 8.84. The van der Waals surface area contributed by atoms with Gasteiger partial charge in [-0.05, 0) is 53.6 Å². The summed E-state index contributed by atoms with van der Waals surface area (Å²) in [5.74, 6) is 0.694. The number of ketones is 1. The minimum atomic E-state index is -0.590. The fraction of sp³-hybridized carbons (Fsp3) is 0.148. The summed E-state index contributed by atoms with van der Waals surface area (Å²) in [5.41, 5.74) is 6.36. The average Bonchev–Trinajstić information content (AvgIpc) is 3.30. The fourth-order valence-corrected chi connectivity index (χ4v) is 4.21. The summed E-state index contributed by atoms with van der Waals surface area (Å²) >= 11 is 0. The van der Waals surface area contributed by atoms with Gasteiger partial charge in [0.1, 0.15) is 29.5 Å². The molecule has 0 radical (unpaired) electrons. The van der Waals surface area contributed by atoms with Gasteiger partial charge in [0.25, 0.3) is 0 Å². The highest BCUT2D eigenvalue weighted by Crippen LogP contribution is 2.31. The third-order valence-corrected chi connectivity index (χ3v) is 5.90. The number of aliphatic imine (C=N–C) groups is 1. The lowest BCUT2D eigenvalue weighted by Crippen LogP contribution is -2.20. The number of rotatable bonds is 6. The third kappa shape index (κ3) is 3.85. The molecule has 1 N–H and O–H groups in total. The van der Waals surface area contributed by atoms with Crippen LogP contribution in [-0.4, -0.2) is 35.7 Å². The van der Waals surface area contributed by atoms with Crippen LogP contribution in [-0.2, 0) is 6.54 Å². The Bertz CT molecular complexity index is 1320. The normalized spacial score (nSPS) is 14.8. The predicted octanol–water partition coefficient (Wildman–Crippen LogP) is 4.62. The van der Waals surface area contributed by atoms with E-state index in [4.69, 9.17) is 4.74 Å². The van der Waals surface area contributed by atoms with Gasteiger partial charge in [-0.3, -0.25) is 14.4 Å². The van der Waals surface area contributed by atoms with Gasteiger partial charge in [0.15, 0.2) is 0 Å². The summed E-state index contributed by atoms with van der Waals surface area (Å²) in [4.78, 5) is 22.4. The zero-order valence-electron chi connectivity index (χ0n) is 18.5. The number of Topliss-reactive ketones (excluding diaryl/α,β-unsaturated/α-hetero) is 1. The standard InChI is InChI=1S/C27H24N4O2/c1-28-15-20-5-3-4-6-23(20)18-7-9-19(10-8-18)25-27(32)26-24(16-29-25)30-17-31(26)21-11-13-22(33-2)14-12-21/h3-14,16-17,25,28H,15H2,1-2H3. The summed E-state index contributed by atoms with van der Waals surface area (Å²) in [6, 6.07) is 23.4. The first kappa shape index (κ1) is 20.8. The Morgan fingerprint density at radius 3 is 2.48 bits per heavy atom. The van der Waals surface area contributed by atoms with Crippen LogP contribution in [0.5, 0.6) is 5.75 Å². The summed E-state index contributed by atoms with van der Waals surface area (Å²) in [5, 5.41) is 3.22. The van der Waals surface area contributed by atoms with Crippen LogP contribution in [0.1, 0.15) is 33.4 Å². The number of hydrogen-bond acceptors (Lipinski definition) is 5. The number of carbonyl (C=O) groups excluding carboxylic acids is 1. The summed E-state index contributed by atoms with van der Waals surface area (Å²) in [7, 11) is 3.57. The van der Waals surface area contributed by atoms with E-state index in [0.717, 1.165) is 29.1 Å². The van der Waals surface area contributed by atoms with Gasteiger partial charge in [0, 0.05) is 12.2 Å². The van der Waals surface area contributed by atoms with Crippen molar-refractivity contribution in [2.45, 2.75) is 12.6 Å². The minimum Gasteiger partial charge on any atom is -0.497 e. The van der Waals surface area contributed by atoms with Crippen molar-refractivity contribution in [1.82, 2.24) is 14.9 Å². The molecule has 4 aromatic rings. The van der Waals surface area contributed by atoms with Gasteiger partial charge in [-0.2, -0.15) is 0 Å². The second-order valence-electron chi connectivity index (χ2n) is 7.90. The quantitative estimate of drug-likeness (QED) is 0.479. The maximum absolute atomic E-state index is 13.5. The third-order valence-electron chi connectivity index (χ3n) is 5.90. The molecule has 0 saturated carbocycles. The zero-order valence-corrected chi connectivity index (χ0v) is 18.5. The van der Waals surface area contributed by atoms with Crippen LogP contribution in [0, 0.1) is 0 Å². The van der Waals surface area contributed by atoms with E-state index in [2.05, 4.69) is 39.6 Å². The minimum absolute atomic E-state index is 0.0656. The molecule has 0 saturated heterocycles. The molecule has 1 aliphatic rings. The van der Waals surface area contributed by atoms with Crippen LogP contribution in [0.2, 0.25) is 0 Å². The molecule has 1 aromatic heterocycles. The first-order valence-corrected chi connectivity index (χ1v) is 10.8. The number of carbonyl (C=O) groups is 1. The largest absolute Gasteiger partial charge is 0.497 e. The number of ether oxygens (including phenoxy) is 1. The Morgan fingerprint density at radius 2 is 1.76 bits per heavy atom. The van der Waals surface area contributed by atoms with Crippen LogP contribution in [0.3, 0.4) is 0 Å². The molecule has 0 amide bonds. The molecule has 33 heavy (non-hydrogen) atoms. The van der Waals surface area contributed by atoms with Crippen molar-refractivity contribution < 1.29 is 9.53 Å². The van der Waals surface area contributed by atoms with Gasteiger partial charge in [-0.15, -0.1) is 0 Å². The van der Waals surface area contributed by atoms with E-state index in [1.807, 2.05) is 60.1 Å². The highest BCUT2D eigenvalue weighted by molar-refractivity contribution is 6.08. The molecule has 0 aliphatic carbocycles. The molecule has 164 valence electrons. The Balaban J connectivity index is 1.45. The van der Waals surface area contributed by atoms with Crippen molar-refractivity contribution in [3.63, 3.8) is 0 Å². The molecule has 2 heterocycles. The lowest BCUT2D eigenvalue weighted by molar-refractivity contribution is 0.0953. The molecule has 1 aliphatic heterocycles. The Hall–Kier alpha value is -4.03. The molecule has 0 fully saturated rings. The number of nitrogens with one attached hydrogen (secondary N) is 1. The average molecular weight is 437 g/mol. The summed E-state index contributed by atoms with van der Waals surface area (Å²) < 4.78 is 7.06. The van der Waals surface area contributed by atoms with E-state index in [-0.39, 0.29) is 5.78 Å². The van der Waals surface area contributed by atoms with Crippen molar-refractivity contribution in [2.75, 3.05) is 14.2 Å². The Morgan fingerprint density at radius 1 is 1.00 bits per heavy atom. The van der Waals surface area contributed by atoms with Gasteiger partial charge in [-0.25, -0.2) is 4.98 Å². The number of hydrogen-bond donors (Lipinski definition) is 1. The number of fused-ring (bicyclic) bond motifs is 1. The van der Waals surface area contributed by atoms with E-state index >= 15 is 0 Å². The molecular formula is C27H24N4O2. The lowest BCUT2D eigenvalue weighted by Gasteiger charge is -2.18. The fourth-order valence-electron chi connectivity index (χ4n) is 4.21. The molecule has 0 bridgehead atoms. The van der Waals surface area contributed by atoms with Crippen molar-refractivity contribution in [2.24, 2.45) is 4.99 Å². The topological polar surface area (TPSA) is 68.5 Å². The molecule has 6 heteroatoms. The van der Waals surface area contributed by atoms with Gasteiger partial charge in [-0.1, -0.05) is 48.5 Å². The van der Waals surface area contributed by atoms with Gasteiger partial charge < -0.3 is 10.1 Å². The summed E-state index contributed by atoms with van der Waals surface area (Å²) in [6.07, 6.45) is 3.36. The SMILES string of the molecule is CNCc1ccccc1-c1ccc(C2N=Cc3ncn(-c4ccc(OC)cc4)c3C2=O)cc1. The van der Waals surface area contributed by atoms with Crippen LogP contribution < -0.4 is 10.1 Å². The lowest BCUT2D eigenvalue weighted by atomic mass is 9.94. The molecule has 5 rings (SSSR count). The molecule has 0 spiro atoms. The van der Waals surface area contributed by atoms with Crippen molar-refractivity contribution in [3.05, 3.63) is 102 Å². The van der Waals surface area contributed by atoms with Gasteiger partial charge >= 0.3 is 0 Å². The number of imidazole rings is 1. The van der Waals surface area contributed by atoms with Crippen molar-refractivity contribution >= 4 is 12.0 Å². The summed E-state index contributed by atoms with van der Waals surface area (Å²) in [6.45, 7) is 0.793. The first-order chi connectivity index (χ1) is 16.2. The van der Waals surface area contributed by atoms with Crippen LogP contribution in [0.25, 0.3) is 16.8 Å². The molecule has 6 nitrogen and oxygen atoms in total. The van der Waals surface area contributed by atoms with Crippen LogP contribution in [0.4, 0.5) is 0 Å². The number of methoxy groups -OCH3 is 1. The zero-order chi connectivity index (χ0) is 22.8. The van der Waals surface area contributed by atoms with E-state index in [9.17, 15) is 4.79 Å².